The normalized spacial score (nSPS) is 12.5. The zero-order chi connectivity index (χ0) is 18.0. The molecule has 2 nitrogen and oxygen atoms in total. The van der Waals surface area contributed by atoms with Crippen molar-refractivity contribution in [3.63, 3.8) is 0 Å². The van der Waals surface area contributed by atoms with E-state index >= 15 is 0 Å². The van der Waals surface area contributed by atoms with Crippen LogP contribution in [0.1, 0.15) is 0 Å². The quantitative estimate of drug-likeness (QED) is 0.271. The molecule has 6 heteroatoms. The van der Waals surface area contributed by atoms with E-state index in [0.29, 0.717) is 20.1 Å². The maximum absolute atomic E-state index is 6.14. The van der Waals surface area contributed by atoms with E-state index in [1.54, 1.807) is 0 Å². The molecule has 0 aromatic heterocycles. The van der Waals surface area contributed by atoms with Crippen molar-refractivity contribution < 1.29 is 4.74 Å². The number of ether oxygens (including phenoxy) is 1. The molecule has 5 rings (SSSR count). The molecule has 0 saturated carbocycles. The third-order valence-electron chi connectivity index (χ3n) is 4.44. The van der Waals surface area contributed by atoms with Crippen molar-refractivity contribution in [1.82, 2.24) is 0 Å². The Balaban J connectivity index is 1.68. The van der Waals surface area contributed by atoms with E-state index in [1.165, 1.54) is 0 Å². The van der Waals surface area contributed by atoms with Gasteiger partial charge >= 0.3 is 0 Å². The molecule has 0 spiro atoms. The zero-order valence-electron chi connectivity index (χ0n) is 13.0. The van der Waals surface area contributed by atoms with Crippen LogP contribution < -0.4 is 10.1 Å². The number of fused-ring (bicyclic) bond motifs is 4. The number of benzene rings is 4. The third-order valence-corrected chi connectivity index (χ3v) is 5.89. The van der Waals surface area contributed by atoms with Crippen molar-refractivity contribution >= 4 is 79.3 Å². The first kappa shape index (κ1) is 16.3. The zero-order valence-corrected chi connectivity index (χ0v) is 16.1. The van der Waals surface area contributed by atoms with Crippen LogP contribution in [-0.4, -0.2) is 0 Å². The van der Waals surface area contributed by atoms with Gasteiger partial charge < -0.3 is 10.1 Å². The highest BCUT2D eigenvalue weighted by Crippen LogP contribution is 2.46. The Bertz CT molecular complexity index is 1050. The summed E-state index contributed by atoms with van der Waals surface area (Å²) in [5.74, 6) is 1.45. The first-order valence-corrected chi connectivity index (χ1v) is 9.29. The molecule has 0 atom stereocenters. The highest BCUT2D eigenvalue weighted by molar-refractivity contribution is 6.43. The van der Waals surface area contributed by atoms with Crippen molar-refractivity contribution in [2.24, 2.45) is 0 Å². The number of rotatable bonds is 0. The Morgan fingerprint density at radius 1 is 0.500 bits per heavy atom. The second-order valence-electron chi connectivity index (χ2n) is 6.15. The fraction of sp³-hybridized carbons (Fsp3) is 0. The summed E-state index contributed by atoms with van der Waals surface area (Å²) in [4.78, 5) is 0. The molecule has 4 aromatic carbocycles. The van der Waals surface area contributed by atoms with E-state index in [0.717, 1.165) is 44.4 Å². The van der Waals surface area contributed by atoms with E-state index < -0.39 is 0 Å². The highest BCUT2D eigenvalue weighted by atomic mass is 35.5. The minimum Gasteiger partial charge on any atom is -0.453 e. The predicted octanol–water partition coefficient (Wildman–Crippen LogP) is 8.46. The van der Waals surface area contributed by atoms with Crippen LogP contribution in [0.4, 0.5) is 11.4 Å². The van der Waals surface area contributed by atoms with E-state index in [-0.39, 0.29) is 0 Å². The summed E-state index contributed by atoms with van der Waals surface area (Å²) >= 11 is 24.5. The number of halogens is 4. The Hall–Kier alpha value is -1.84. The molecule has 0 fully saturated rings. The van der Waals surface area contributed by atoms with E-state index in [9.17, 15) is 0 Å². The molecule has 1 aliphatic rings. The van der Waals surface area contributed by atoms with Crippen LogP contribution in [-0.2, 0) is 0 Å². The Kier molecular flexibility index (Phi) is 3.67. The van der Waals surface area contributed by atoms with Crippen LogP contribution in [0.15, 0.2) is 48.5 Å². The minimum atomic E-state index is 0.515. The van der Waals surface area contributed by atoms with Crippen molar-refractivity contribution in [3.05, 3.63) is 68.6 Å². The summed E-state index contributed by atoms with van der Waals surface area (Å²) in [6.07, 6.45) is 0. The lowest BCUT2D eigenvalue weighted by atomic mass is 10.1. The molecule has 4 aromatic rings. The summed E-state index contributed by atoms with van der Waals surface area (Å²) in [6, 6.07) is 15.2. The smallest absolute Gasteiger partial charge is 0.151 e. The summed E-state index contributed by atoms with van der Waals surface area (Å²) in [6.45, 7) is 0. The lowest BCUT2D eigenvalue weighted by Gasteiger charge is -2.23. The van der Waals surface area contributed by atoms with Gasteiger partial charge in [0.25, 0.3) is 0 Å². The van der Waals surface area contributed by atoms with Crippen LogP contribution >= 0.6 is 46.4 Å². The summed E-state index contributed by atoms with van der Waals surface area (Å²) in [5, 5.41) is 9.36. The van der Waals surface area contributed by atoms with Gasteiger partial charge in [0.15, 0.2) is 11.5 Å². The molecule has 0 unspecified atom stereocenters. The fourth-order valence-electron chi connectivity index (χ4n) is 3.17. The average molecular weight is 421 g/mol. The molecular formula is C20H9Cl4NO. The molecule has 0 bridgehead atoms. The number of hydrogen-bond donors (Lipinski definition) is 1. The summed E-state index contributed by atoms with van der Waals surface area (Å²) in [7, 11) is 0. The van der Waals surface area contributed by atoms with Gasteiger partial charge in [0.1, 0.15) is 0 Å². The molecule has 0 aliphatic carbocycles. The van der Waals surface area contributed by atoms with Crippen LogP contribution in [0.25, 0.3) is 21.5 Å². The van der Waals surface area contributed by atoms with Gasteiger partial charge in [-0.1, -0.05) is 46.4 Å². The minimum absolute atomic E-state index is 0.515. The molecule has 0 saturated heterocycles. The lowest BCUT2D eigenvalue weighted by Crippen LogP contribution is -2.03. The van der Waals surface area contributed by atoms with Gasteiger partial charge in [-0.25, -0.2) is 0 Å². The summed E-state index contributed by atoms with van der Waals surface area (Å²) in [5.41, 5.74) is 1.73. The van der Waals surface area contributed by atoms with Crippen LogP contribution in [0, 0.1) is 0 Å². The second-order valence-corrected chi connectivity index (χ2v) is 7.78. The van der Waals surface area contributed by atoms with Gasteiger partial charge in [-0.3, -0.25) is 0 Å². The van der Waals surface area contributed by atoms with Crippen molar-refractivity contribution in [2.75, 3.05) is 5.32 Å². The topological polar surface area (TPSA) is 21.3 Å². The Morgan fingerprint density at radius 2 is 0.846 bits per heavy atom. The molecule has 128 valence electrons. The first-order chi connectivity index (χ1) is 12.5. The van der Waals surface area contributed by atoms with Gasteiger partial charge in [0.2, 0.25) is 0 Å². The molecule has 1 N–H and O–H groups in total. The number of hydrogen-bond acceptors (Lipinski definition) is 2. The third kappa shape index (κ3) is 2.57. The van der Waals surface area contributed by atoms with Gasteiger partial charge in [0.05, 0.1) is 31.5 Å². The molecule has 26 heavy (non-hydrogen) atoms. The number of nitrogens with one attached hydrogen (secondary N) is 1. The van der Waals surface area contributed by atoms with Crippen LogP contribution in [0.5, 0.6) is 11.5 Å². The van der Waals surface area contributed by atoms with E-state index in [1.807, 2.05) is 48.5 Å². The van der Waals surface area contributed by atoms with Crippen molar-refractivity contribution in [1.29, 1.82) is 0 Å². The first-order valence-electron chi connectivity index (χ1n) is 7.78. The standard InChI is InChI=1S/C20H9Cl4NO/c21-13-1-9-5-17-19(7-11(9)3-15(13)23)26-20-8-12-4-16(24)14(22)2-10(12)6-18(20)25-17/h1-8,25H. The summed E-state index contributed by atoms with van der Waals surface area (Å²) < 4.78 is 6.12. The van der Waals surface area contributed by atoms with E-state index in [2.05, 4.69) is 5.32 Å². The van der Waals surface area contributed by atoms with Gasteiger partial charge in [-0.05, 0) is 70.1 Å². The van der Waals surface area contributed by atoms with E-state index in [4.69, 9.17) is 51.1 Å². The fourth-order valence-corrected chi connectivity index (χ4v) is 3.86. The Morgan fingerprint density at radius 3 is 1.23 bits per heavy atom. The Labute approximate surface area is 169 Å². The predicted molar refractivity (Wildman–Crippen MR) is 111 cm³/mol. The van der Waals surface area contributed by atoms with Gasteiger partial charge in [0, 0.05) is 0 Å². The maximum atomic E-state index is 6.14. The maximum Gasteiger partial charge on any atom is 0.151 e. The van der Waals surface area contributed by atoms with Gasteiger partial charge in [-0.15, -0.1) is 0 Å². The molecule has 0 amide bonds. The monoisotopic (exact) mass is 419 g/mol. The molecule has 1 aliphatic heterocycles. The van der Waals surface area contributed by atoms with Crippen LogP contribution in [0.2, 0.25) is 20.1 Å². The molecular weight excluding hydrogens is 412 g/mol. The largest absolute Gasteiger partial charge is 0.453 e. The molecule has 0 radical (unpaired) electrons. The SMILES string of the molecule is Clc1cc2cc3c(cc2cc1Cl)Oc1cc2cc(Cl)c(Cl)cc2cc1N3. The number of anilines is 2. The van der Waals surface area contributed by atoms with Gasteiger partial charge in [-0.2, -0.15) is 0 Å². The van der Waals surface area contributed by atoms with Crippen molar-refractivity contribution in [3.8, 4) is 11.5 Å². The lowest BCUT2D eigenvalue weighted by molar-refractivity contribution is 0.482. The van der Waals surface area contributed by atoms with Crippen LogP contribution in [0.3, 0.4) is 0 Å². The highest BCUT2D eigenvalue weighted by Gasteiger charge is 2.19. The second kappa shape index (κ2) is 5.83. The average Bonchev–Trinajstić information content (AvgIpc) is 2.59. The molecule has 1 heterocycles. The van der Waals surface area contributed by atoms with Crippen molar-refractivity contribution in [2.45, 2.75) is 0 Å².